The highest BCUT2D eigenvalue weighted by Crippen LogP contribution is 2.25. The summed E-state index contributed by atoms with van der Waals surface area (Å²) in [5.41, 5.74) is 0.358. The number of methoxy groups -OCH3 is 1. The van der Waals surface area contributed by atoms with Gasteiger partial charge in [-0.15, -0.1) is 0 Å². The summed E-state index contributed by atoms with van der Waals surface area (Å²) in [5, 5.41) is 3.75. The third-order valence-electron chi connectivity index (χ3n) is 3.79. The van der Waals surface area contributed by atoms with Gasteiger partial charge in [-0.3, -0.25) is 0 Å². The van der Waals surface area contributed by atoms with E-state index in [0.717, 1.165) is 31.5 Å². The molecule has 1 N–H and O–H groups in total. The van der Waals surface area contributed by atoms with E-state index in [-0.39, 0.29) is 0 Å². The molecule has 0 saturated heterocycles. The molecule has 1 rings (SSSR count). The number of hydrogen-bond acceptors (Lipinski definition) is 2. The van der Waals surface area contributed by atoms with E-state index in [4.69, 9.17) is 4.74 Å². The largest absolute Gasteiger partial charge is 0.385 e. The predicted octanol–water partition coefficient (Wildman–Crippen LogP) is 3.22. The van der Waals surface area contributed by atoms with Crippen molar-refractivity contribution in [2.45, 2.75) is 58.9 Å². The molecule has 2 unspecified atom stereocenters. The van der Waals surface area contributed by atoms with E-state index in [1.165, 1.54) is 25.7 Å². The molecular weight excluding hydrogens is 198 g/mol. The van der Waals surface area contributed by atoms with Gasteiger partial charge in [-0.05, 0) is 30.6 Å². The van der Waals surface area contributed by atoms with E-state index in [0.29, 0.717) is 5.41 Å². The predicted molar refractivity (Wildman–Crippen MR) is 69.7 cm³/mol. The smallest absolute Gasteiger partial charge is 0.0467 e. The quantitative estimate of drug-likeness (QED) is 0.752. The molecular formula is C14H29NO. The Kier molecular flexibility index (Phi) is 5.77. The Bertz CT molecular complexity index is 191. The molecule has 0 aromatic heterocycles. The summed E-state index contributed by atoms with van der Waals surface area (Å²) in [6.45, 7) is 9.02. The van der Waals surface area contributed by atoms with E-state index in [2.05, 4.69) is 26.1 Å². The normalized spacial score (nSPS) is 27.0. The van der Waals surface area contributed by atoms with Crippen LogP contribution in [0.1, 0.15) is 52.9 Å². The topological polar surface area (TPSA) is 21.3 Å². The first-order valence-corrected chi connectivity index (χ1v) is 6.76. The Morgan fingerprint density at radius 2 is 2.06 bits per heavy atom. The van der Waals surface area contributed by atoms with Crippen molar-refractivity contribution >= 4 is 0 Å². The fourth-order valence-corrected chi connectivity index (χ4v) is 2.51. The molecule has 2 atom stereocenters. The monoisotopic (exact) mass is 227 g/mol. The fourth-order valence-electron chi connectivity index (χ4n) is 2.51. The summed E-state index contributed by atoms with van der Waals surface area (Å²) in [6.07, 6.45) is 6.69. The second-order valence-electron chi connectivity index (χ2n) is 6.26. The van der Waals surface area contributed by atoms with Crippen LogP contribution >= 0.6 is 0 Å². The third kappa shape index (κ3) is 5.31. The highest BCUT2D eigenvalue weighted by Gasteiger charge is 2.22. The molecule has 1 saturated carbocycles. The van der Waals surface area contributed by atoms with Crippen LogP contribution in [0.15, 0.2) is 0 Å². The maximum absolute atomic E-state index is 5.16. The SMILES string of the molecule is COCCC(C)(C)CNC1CCCC(C)C1. The van der Waals surface area contributed by atoms with Crippen molar-refractivity contribution in [2.75, 3.05) is 20.3 Å². The molecule has 1 fully saturated rings. The Balaban J connectivity index is 2.21. The molecule has 1 aliphatic carbocycles. The van der Waals surface area contributed by atoms with E-state index in [1.54, 1.807) is 7.11 Å². The standard InChI is InChI=1S/C14H29NO/c1-12-6-5-7-13(10-12)15-11-14(2,3)8-9-16-4/h12-13,15H,5-11H2,1-4H3. The summed E-state index contributed by atoms with van der Waals surface area (Å²) in [4.78, 5) is 0. The molecule has 0 aliphatic heterocycles. The van der Waals surface area contributed by atoms with Crippen LogP contribution in [0.25, 0.3) is 0 Å². The zero-order valence-electron chi connectivity index (χ0n) is 11.5. The minimum absolute atomic E-state index is 0.358. The van der Waals surface area contributed by atoms with Gasteiger partial charge in [-0.2, -0.15) is 0 Å². The molecule has 2 nitrogen and oxygen atoms in total. The van der Waals surface area contributed by atoms with E-state index < -0.39 is 0 Å². The maximum atomic E-state index is 5.16. The fraction of sp³-hybridized carbons (Fsp3) is 1.00. The molecule has 0 radical (unpaired) electrons. The van der Waals surface area contributed by atoms with Crippen LogP contribution in [-0.4, -0.2) is 26.3 Å². The van der Waals surface area contributed by atoms with Crippen LogP contribution in [-0.2, 0) is 4.74 Å². The van der Waals surface area contributed by atoms with Gasteiger partial charge in [-0.25, -0.2) is 0 Å². The lowest BCUT2D eigenvalue weighted by Gasteiger charge is -2.32. The highest BCUT2D eigenvalue weighted by atomic mass is 16.5. The lowest BCUT2D eigenvalue weighted by molar-refractivity contribution is 0.146. The van der Waals surface area contributed by atoms with Crippen LogP contribution < -0.4 is 5.32 Å². The van der Waals surface area contributed by atoms with Crippen LogP contribution in [0.5, 0.6) is 0 Å². The van der Waals surface area contributed by atoms with Gasteiger partial charge < -0.3 is 10.1 Å². The van der Waals surface area contributed by atoms with Crippen LogP contribution in [0.4, 0.5) is 0 Å². The zero-order valence-corrected chi connectivity index (χ0v) is 11.5. The molecule has 0 heterocycles. The Morgan fingerprint density at radius 3 is 2.69 bits per heavy atom. The minimum Gasteiger partial charge on any atom is -0.385 e. The van der Waals surface area contributed by atoms with Crippen molar-refractivity contribution in [2.24, 2.45) is 11.3 Å². The average molecular weight is 227 g/mol. The molecule has 0 aromatic rings. The van der Waals surface area contributed by atoms with Crippen molar-refractivity contribution in [1.82, 2.24) is 5.32 Å². The molecule has 0 bridgehead atoms. The van der Waals surface area contributed by atoms with Gasteiger partial charge in [0.25, 0.3) is 0 Å². The summed E-state index contributed by atoms with van der Waals surface area (Å²) in [6, 6.07) is 0.755. The van der Waals surface area contributed by atoms with Crippen molar-refractivity contribution in [1.29, 1.82) is 0 Å². The number of nitrogens with one attached hydrogen (secondary N) is 1. The minimum atomic E-state index is 0.358. The van der Waals surface area contributed by atoms with E-state index >= 15 is 0 Å². The average Bonchev–Trinajstić information content (AvgIpc) is 2.24. The molecule has 16 heavy (non-hydrogen) atoms. The van der Waals surface area contributed by atoms with Crippen LogP contribution in [0, 0.1) is 11.3 Å². The third-order valence-corrected chi connectivity index (χ3v) is 3.79. The Morgan fingerprint density at radius 1 is 1.31 bits per heavy atom. The lowest BCUT2D eigenvalue weighted by Crippen LogP contribution is -2.39. The van der Waals surface area contributed by atoms with Crippen molar-refractivity contribution < 1.29 is 4.74 Å². The number of hydrogen-bond donors (Lipinski definition) is 1. The van der Waals surface area contributed by atoms with E-state index in [1.807, 2.05) is 0 Å². The first-order valence-electron chi connectivity index (χ1n) is 6.76. The molecule has 0 aromatic carbocycles. The van der Waals surface area contributed by atoms with Gasteiger partial charge >= 0.3 is 0 Å². The molecule has 96 valence electrons. The van der Waals surface area contributed by atoms with Crippen LogP contribution in [0.3, 0.4) is 0 Å². The lowest BCUT2D eigenvalue weighted by atomic mass is 9.85. The second kappa shape index (κ2) is 6.61. The highest BCUT2D eigenvalue weighted by molar-refractivity contribution is 4.79. The number of rotatable bonds is 6. The number of ether oxygens (including phenoxy) is 1. The molecule has 0 spiro atoms. The summed E-state index contributed by atoms with van der Waals surface area (Å²) < 4.78 is 5.16. The summed E-state index contributed by atoms with van der Waals surface area (Å²) in [7, 11) is 1.78. The first kappa shape index (κ1) is 14.0. The maximum Gasteiger partial charge on any atom is 0.0467 e. The molecule has 2 heteroatoms. The molecule has 0 amide bonds. The van der Waals surface area contributed by atoms with Gasteiger partial charge in [0.05, 0.1) is 0 Å². The Labute approximate surface area is 101 Å². The Hall–Kier alpha value is -0.0800. The van der Waals surface area contributed by atoms with Gasteiger partial charge in [0, 0.05) is 26.3 Å². The van der Waals surface area contributed by atoms with Crippen LogP contribution in [0.2, 0.25) is 0 Å². The van der Waals surface area contributed by atoms with Crippen molar-refractivity contribution in [3.05, 3.63) is 0 Å². The van der Waals surface area contributed by atoms with Gasteiger partial charge in [-0.1, -0.05) is 33.6 Å². The summed E-state index contributed by atoms with van der Waals surface area (Å²) >= 11 is 0. The first-order chi connectivity index (χ1) is 7.53. The van der Waals surface area contributed by atoms with Gasteiger partial charge in [0.2, 0.25) is 0 Å². The zero-order chi connectivity index (χ0) is 12.0. The summed E-state index contributed by atoms with van der Waals surface area (Å²) in [5.74, 6) is 0.910. The van der Waals surface area contributed by atoms with Gasteiger partial charge in [0.15, 0.2) is 0 Å². The molecule has 1 aliphatic rings. The van der Waals surface area contributed by atoms with Gasteiger partial charge in [0.1, 0.15) is 0 Å². The van der Waals surface area contributed by atoms with Crippen molar-refractivity contribution in [3.63, 3.8) is 0 Å². The van der Waals surface area contributed by atoms with Crippen molar-refractivity contribution in [3.8, 4) is 0 Å². The second-order valence-corrected chi connectivity index (χ2v) is 6.26. The van der Waals surface area contributed by atoms with E-state index in [9.17, 15) is 0 Å².